The monoisotopic (exact) mass is 396 g/mol. The maximum absolute atomic E-state index is 12.9. The second kappa shape index (κ2) is 8.04. The molecule has 148 valence electrons. The molecule has 0 aliphatic heterocycles. The lowest BCUT2D eigenvalue weighted by Crippen LogP contribution is -2.40. The fourth-order valence-electron chi connectivity index (χ4n) is 4.42. The molecular formula is C18H24N2O6S. The van der Waals surface area contributed by atoms with E-state index < -0.39 is 28.1 Å². The normalized spacial score (nSPS) is 31.5. The highest BCUT2D eigenvalue weighted by atomic mass is 32.2. The maximum atomic E-state index is 12.9. The zero-order valence-electron chi connectivity index (χ0n) is 15.3. The number of ketones is 1. The molecule has 0 aromatic rings. The Morgan fingerprint density at radius 3 is 2.33 bits per heavy atom. The summed E-state index contributed by atoms with van der Waals surface area (Å²) in [7, 11) is -2.72. The number of hydrogen-bond acceptors (Lipinski definition) is 6. The third kappa shape index (κ3) is 4.05. The van der Waals surface area contributed by atoms with Crippen molar-refractivity contribution in [2.75, 3.05) is 7.11 Å². The predicted molar refractivity (Wildman–Crippen MR) is 94.9 cm³/mol. The predicted octanol–water partition coefficient (Wildman–Crippen LogP) is 2.01. The van der Waals surface area contributed by atoms with Crippen molar-refractivity contribution in [3.05, 3.63) is 16.5 Å². The zero-order chi connectivity index (χ0) is 19.6. The van der Waals surface area contributed by atoms with E-state index in [1.165, 1.54) is 7.11 Å². The summed E-state index contributed by atoms with van der Waals surface area (Å²) < 4.78 is 36.0. The van der Waals surface area contributed by atoms with E-state index in [0.29, 0.717) is 38.5 Å². The van der Waals surface area contributed by atoms with Crippen molar-refractivity contribution >= 4 is 27.6 Å². The van der Waals surface area contributed by atoms with Gasteiger partial charge in [-0.05, 0) is 38.5 Å². The Kier molecular flexibility index (Phi) is 5.93. The van der Waals surface area contributed by atoms with Crippen LogP contribution in [0.4, 0.5) is 0 Å². The summed E-state index contributed by atoms with van der Waals surface area (Å²) in [4.78, 5) is 27.0. The third-order valence-corrected chi connectivity index (χ3v) is 7.39. The van der Waals surface area contributed by atoms with Crippen LogP contribution in [0.5, 0.6) is 0 Å². The number of esters is 1. The molecule has 3 rings (SSSR count). The largest absolute Gasteiger partial charge is 0.469 e. The van der Waals surface area contributed by atoms with E-state index in [9.17, 15) is 18.0 Å². The first kappa shape index (κ1) is 19.9. The Hall–Kier alpha value is -1.83. The van der Waals surface area contributed by atoms with Gasteiger partial charge >= 0.3 is 11.7 Å². The van der Waals surface area contributed by atoms with Gasteiger partial charge < -0.3 is 10.3 Å². The molecule has 2 unspecified atom stereocenters. The summed E-state index contributed by atoms with van der Waals surface area (Å²) >= 11 is 0. The smallest absolute Gasteiger partial charge is 0.359 e. The summed E-state index contributed by atoms with van der Waals surface area (Å²) in [5, 5.41) is 0. The van der Waals surface area contributed by atoms with Gasteiger partial charge in [-0.25, -0.2) is 0 Å². The Morgan fingerprint density at radius 1 is 1.11 bits per heavy atom. The molecule has 0 heterocycles. The first-order chi connectivity index (χ1) is 12.9. The average Bonchev–Trinajstić information content (AvgIpc) is 2.68. The second-order valence-corrected chi connectivity index (χ2v) is 9.01. The minimum Gasteiger partial charge on any atom is -0.469 e. The topological polar surface area (TPSA) is 123 Å². The fraction of sp³-hybridized carbons (Fsp3) is 0.722. The molecule has 2 atom stereocenters. The van der Waals surface area contributed by atoms with Gasteiger partial charge in [0.15, 0.2) is 0 Å². The fourth-order valence-corrected chi connectivity index (χ4v) is 5.99. The number of rotatable bonds is 4. The second-order valence-electron chi connectivity index (χ2n) is 7.44. The van der Waals surface area contributed by atoms with Gasteiger partial charge in [0.1, 0.15) is 0 Å². The summed E-state index contributed by atoms with van der Waals surface area (Å²) in [6, 6.07) is 0. The van der Waals surface area contributed by atoms with Gasteiger partial charge in [0.2, 0.25) is 5.78 Å². The van der Waals surface area contributed by atoms with Crippen LogP contribution in [-0.4, -0.2) is 43.9 Å². The van der Waals surface area contributed by atoms with Gasteiger partial charge in [-0.15, -0.1) is 0 Å². The summed E-state index contributed by atoms with van der Waals surface area (Å²) in [5.74, 6) is -1.70. The molecule has 3 aliphatic carbocycles. The summed E-state index contributed by atoms with van der Waals surface area (Å²) in [5.41, 5.74) is 8.88. The van der Waals surface area contributed by atoms with E-state index in [0.717, 1.165) is 18.9 Å². The highest BCUT2D eigenvalue weighted by Crippen LogP contribution is 2.42. The maximum Gasteiger partial charge on any atom is 0.359 e. The van der Waals surface area contributed by atoms with Crippen LogP contribution in [0.25, 0.3) is 5.53 Å². The molecule has 0 amide bonds. The van der Waals surface area contributed by atoms with Crippen LogP contribution in [0.1, 0.15) is 51.4 Å². The number of nitrogens with zero attached hydrogens (tertiary/aromatic N) is 2. The number of methoxy groups -OCH3 is 1. The van der Waals surface area contributed by atoms with E-state index in [4.69, 9.17) is 14.5 Å². The van der Waals surface area contributed by atoms with Crippen molar-refractivity contribution in [2.45, 2.75) is 57.5 Å². The number of Topliss-reactive ketones (excluding diaryl/α,β-unsaturated/α-hetero) is 1. The molecule has 0 bridgehead atoms. The highest BCUT2D eigenvalue weighted by Gasteiger charge is 2.47. The van der Waals surface area contributed by atoms with Crippen LogP contribution in [0, 0.1) is 17.8 Å². The number of fused-ring (bicyclic) bond motifs is 1. The first-order valence-electron chi connectivity index (χ1n) is 9.36. The van der Waals surface area contributed by atoms with Crippen molar-refractivity contribution in [3.63, 3.8) is 0 Å². The lowest BCUT2D eigenvalue weighted by Gasteiger charge is -2.34. The van der Waals surface area contributed by atoms with Crippen LogP contribution in [0.15, 0.2) is 11.0 Å². The van der Waals surface area contributed by atoms with Crippen molar-refractivity contribution < 1.29 is 31.7 Å². The van der Waals surface area contributed by atoms with E-state index in [-0.39, 0.29) is 28.3 Å². The molecule has 0 N–H and O–H groups in total. The van der Waals surface area contributed by atoms with Crippen LogP contribution in [0.3, 0.4) is 0 Å². The Labute approximate surface area is 158 Å². The number of hydrogen-bond donors (Lipinski definition) is 0. The van der Waals surface area contributed by atoms with Crippen molar-refractivity contribution in [1.29, 1.82) is 0 Å². The molecule has 8 nitrogen and oxygen atoms in total. The molecule has 9 heteroatoms. The molecule has 0 saturated heterocycles. The molecular weight excluding hydrogens is 372 g/mol. The Balaban J connectivity index is 1.77. The Morgan fingerprint density at radius 2 is 1.74 bits per heavy atom. The number of ether oxygens (including phenoxy) is 1. The van der Waals surface area contributed by atoms with Gasteiger partial charge in [-0.1, -0.05) is 12.8 Å². The van der Waals surface area contributed by atoms with Gasteiger partial charge in [0.05, 0.1) is 24.0 Å². The molecule has 0 aromatic carbocycles. The van der Waals surface area contributed by atoms with E-state index in [1.807, 2.05) is 0 Å². The average molecular weight is 396 g/mol. The lowest BCUT2D eigenvalue weighted by molar-refractivity contribution is -0.147. The third-order valence-electron chi connectivity index (χ3n) is 5.87. The molecule has 0 spiro atoms. The minimum atomic E-state index is -4.06. The van der Waals surface area contributed by atoms with Gasteiger partial charge in [0, 0.05) is 17.9 Å². The molecule has 2 saturated carbocycles. The number of carbonyl (C=O) groups is 2. The molecule has 3 aliphatic rings. The van der Waals surface area contributed by atoms with Crippen LogP contribution < -0.4 is 0 Å². The van der Waals surface area contributed by atoms with Crippen LogP contribution >= 0.6 is 0 Å². The highest BCUT2D eigenvalue weighted by molar-refractivity contribution is 7.90. The standard InChI is InChI=1S/C18H24N2O6S/c1-25-18(22)11-6-8-12(9-7-11)26-27(23,24)16-10-15(20-19)17(21)14-5-3-2-4-13(14)16/h10-14H,2-9H2,1H3. The SMILES string of the molecule is COC(=O)C1CCC(OS(=O)(=O)C2=CC(=[N+]=[N-])C(=O)C3CCCCC23)CC1. The molecule has 2 fully saturated rings. The summed E-state index contributed by atoms with van der Waals surface area (Å²) in [6.07, 6.45) is 5.43. The number of carbonyl (C=O) groups excluding carboxylic acids is 2. The van der Waals surface area contributed by atoms with Crippen LogP contribution in [-0.2, 0) is 28.6 Å². The minimum absolute atomic E-state index is 0.0368. The van der Waals surface area contributed by atoms with E-state index in [1.54, 1.807) is 0 Å². The Bertz CT molecular complexity index is 804. The quantitative estimate of drug-likeness (QED) is 0.310. The van der Waals surface area contributed by atoms with Gasteiger partial charge in [0.25, 0.3) is 10.1 Å². The number of allylic oxidation sites excluding steroid dienone is 2. The van der Waals surface area contributed by atoms with Crippen molar-refractivity contribution in [1.82, 2.24) is 0 Å². The van der Waals surface area contributed by atoms with E-state index in [2.05, 4.69) is 4.79 Å². The lowest BCUT2D eigenvalue weighted by atomic mass is 9.73. The molecule has 0 radical (unpaired) electrons. The molecule has 27 heavy (non-hydrogen) atoms. The van der Waals surface area contributed by atoms with Crippen molar-refractivity contribution in [3.8, 4) is 0 Å². The zero-order valence-corrected chi connectivity index (χ0v) is 16.1. The molecule has 0 aromatic heterocycles. The van der Waals surface area contributed by atoms with Crippen molar-refractivity contribution in [2.24, 2.45) is 17.8 Å². The van der Waals surface area contributed by atoms with Crippen LogP contribution in [0.2, 0.25) is 0 Å². The van der Waals surface area contributed by atoms with Gasteiger partial charge in [-0.2, -0.15) is 13.2 Å². The summed E-state index contributed by atoms with van der Waals surface area (Å²) in [6.45, 7) is 0. The van der Waals surface area contributed by atoms with Gasteiger partial charge in [-0.3, -0.25) is 13.8 Å². The first-order valence-corrected chi connectivity index (χ1v) is 10.8. The van der Waals surface area contributed by atoms with E-state index >= 15 is 0 Å².